The second-order valence-corrected chi connectivity index (χ2v) is 1.79. The number of rotatable bonds is 0. The van der Waals surface area contributed by atoms with Gasteiger partial charge in [-0.25, -0.2) is 0 Å². The zero-order valence-corrected chi connectivity index (χ0v) is 8.43. The van der Waals surface area contributed by atoms with Crippen LogP contribution in [0.1, 0.15) is 47.0 Å². The molecule has 0 heteroatoms. The zero-order chi connectivity index (χ0) is 8.95. The van der Waals surface area contributed by atoms with Gasteiger partial charge >= 0.3 is 0 Å². The van der Waals surface area contributed by atoms with Crippen molar-refractivity contribution in [1.82, 2.24) is 0 Å². The van der Waals surface area contributed by atoms with Crippen molar-refractivity contribution < 1.29 is 0 Å². The van der Waals surface area contributed by atoms with Crippen molar-refractivity contribution in [2.75, 3.05) is 0 Å². The fourth-order valence-electron chi connectivity index (χ4n) is 0.703. The van der Waals surface area contributed by atoms with Gasteiger partial charge in [0.15, 0.2) is 0 Å². The number of hydrogen-bond acceptors (Lipinski definition) is 0. The molecule has 1 aliphatic rings. The largest absolute Gasteiger partial charge is 0.0845 e. The minimum Gasteiger partial charge on any atom is -0.0845 e. The van der Waals surface area contributed by atoms with Crippen molar-refractivity contribution in [2.45, 2.75) is 47.0 Å². The summed E-state index contributed by atoms with van der Waals surface area (Å²) in [5.74, 6) is 0. The van der Waals surface area contributed by atoms with Gasteiger partial charge in [-0.2, -0.15) is 0 Å². The van der Waals surface area contributed by atoms with Gasteiger partial charge < -0.3 is 0 Å². The Kier molecular flexibility index (Phi) is 19.3. The molecule has 0 saturated carbocycles. The summed E-state index contributed by atoms with van der Waals surface area (Å²) in [6.07, 6.45) is 12.5. The molecule has 0 N–H and O–H groups in total. The molecule has 0 fully saturated rings. The van der Waals surface area contributed by atoms with Gasteiger partial charge in [-0.1, -0.05) is 52.0 Å². The summed E-state index contributed by atoms with van der Waals surface area (Å²) in [4.78, 5) is 0. The Balaban J connectivity index is 0. The SMILES string of the molecule is C1=CCCCC=C1.CC.CC. The molecule has 0 aromatic carbocycles. The molecule has 66 valence electrons. The van der Waals surface area contributed by atoms with E-state index in [4.69, 9.17) is 0 Å². The van der Waals surface area contributed by atoms with E-state index in [1.807, 2.05) is 27.7 Å². The zero-order valence-electron chi connectivity index (χ0n) is 8.43. The van der Waals surface area contributed by atoms with Crippen LogP contribution < -0.4 is 0 Å². The van der Waals surface area contributed by atoms with Crippen LogP contribution in [0.3, 0.4) is 0 Å². The van der Waals surface area contributed by atoms with Crippen molar-refractivity contribution in [2.24, 2.45) is 0 Å². The Bertz CT molecular complexity index is 76.2. The van der Waals surface area contributed by atoms with Crippen molar-refractivity contribution in [3.8, 4) is 0 Å². The lowest BCUT2D eigenvalue weighted by atomic mass is 10.2. The van der Waals surface area contributed by atoms with Gasteiger partial charge in [-0.3, -0.25) is 0 Å². The molecule has 0 unspecified atom stereocenters. The fourth-order valence-corrected chi connectivity index (χ4v) is 0.703. The van der Waals surface area contributed by atoms with E-state index < -0.39 is 0 Å². The average molecular weight is 154 g/mol. The highest BCUT2D eigenvalue weighted by atomic mass is 13.9. The molecule has 0 spiro atoms. The Labute approximate surface area is 72.0 Å². The molecule has 0 aromatic rings. The molecule has 0 aromatic heterocycles. The normalized spacial score (nSPS) is 13.5. The standard InChI is InChI=1S/C7H10.2C2H6/c1-2-4-6-7-5-3-1;2*1-2/h1-4H,5-7H2;2*1-2H3. The molecule has 0 heterocycles. The molecule has 0 amide bonds. The van der Waals surface area contributed by atoms with Crippen LogP contribution in [0.4, 0.5) is 0 Å². The summed E-state index contributed by atoms with van der Waals surface area (Å²) in [5.41, 5.74) is 0. The van der Waals surface area contributed by atoms with E-state index in [1.165, 1.54) is 19.3 Å². The van der Waals surface area contributed by atoms with Crippen LogP contribution in [0.25, 0.3) is 0 Å². The monoisotopic (exact) mass is 154 g/mol. The topological polar surface area (TPSA) is 0 Å². The minimum absolute atomic E-state index is 1.26. The summed E-state index contributed by atoms with van der Waals surface area (Å²) in [7, 11) is 0. The lowest BCUT2D eigenvalue weighted by molar-refractivity contribution is 0.876. The molecule has 1 aliphatic carbocycles. The van der Waals surface area contributed by atoms with Gasteiger partial charge in [0.2, 0.25) is 0 Å². The first kappa shape index (κ1) is 13.1. The highest BCUT2D eigenvalue weighted by Crippen LogP contribution is 2.01. The first-order chi connectivity index (χ1) is 5.50. The van der Waals surface area contributed by atoms with Gasteiger partial charge in [0.1, 0.15) is 0 Å². The quantitative estimate of drug-likeness (QED) is 0.487. The van der Waals surface area contributed by atoms with Gasteiger partial charge in [-0.05, 0) is 19.3 Å². The average Bonchev–Trinajstić information content (AvgIpc) is 2.42. The molecule has 0 radical (unpaired) electrons. The maximum atomic E-state index is 2.21. The summed E-state index contributed by atoms with van der Waals surface area (Å²) in [6.45, 7) is 8.00. The smallest absolute Gasteiger partial charge is 0.0345 e. The summed E-state index contributed by atoms with van der Waals surface area (Å²) >= 11 is 0. The first-order valence-corrected chi connectivity index (χ1v) is 4.82. The van der Waals surface area contributed by atoms with Gasteiger partial charge in [0.25, 0.3) is 0 Å². The maximum absolute atomic E-state index is 2.21. The van der Waals surface area contributed by atoms with Crippen molar-refractivity contribution >= 4 is 0 Å². The third-order valence-corrected chi connectivity index (χ3v) is 1.12. The molecule has 1 rings (SSSR count). The van der Waals surface area contributed by atoms with Gasteiger partial charge in [0, 0.05) is 0 Å². The Morgan fingerprint density at radius 2 is 1.09 bits per heavy atom. The Morgan fingerprint density at radius 3 is 1.45 bits per heavy atom. The van der Waals surface area contributed by atoms with E-state index in [-0.39, 0.29) is 0 Å². The van der Waals surface area contributed by atoms with Crippen LogP contribution in [0.2, 0.25) is 0 Å². The van der Waals surface area contributed by atoms with E-state index in [9.17, 15) is 0 Å². The van der Waals surface area contributed by atoms with E-state index in [0.29, 0.717) is 0 Å². The second kappa shape index (κ2) is 16.2. The van der Waals surface area contributed by atoms with Crippen LogP contribution in [0.15, 0.2) is 24.3 Å². The van der Waals surface area contributed by atoms with E-state index in [0.717, 1.165) is 0 Å². The van der Waals surface area contributed by atoms with Crippen LogP contribution in [-0.2, 0) is 0 Å². The first-order valence-electron chi connectivity index (χ1n) is 4.82. The lowest BCUT2D eigenvalue weighted by Crippen LogP contribution is -1.62. The third kappa shape index (κ3) is 12.6. The van der Waals surface area contributed by atoms with E-state index >= 15 is 0 Å². The second-order valence-electron chi connectivity index (χ2n) is 1.79. The Morgan fingerprint density at radius 1 is 0.727 bits per heavy atom. The predicted octanol–water partition coefficient (Wildman–Crippen LogP) is 4.34. The molecule has 0 saturated heterocycles. The van der Waals surface area contributed by atoms with Crippen molar-refractivity contribution in [3.05, 3.63) is 24.3 Å². The molecule has 11 heavy (non-hydrogen) atoms. The van der Waals surface area contributed by atoms with Crippen molar-refractivity contribution in [3.63, 3.8) is 0 Å². The van der Waals surface area contributed by atoms with E-state index in [2.05, 4.69) is 24.3 Å². The highest BCUT2D eigenvalue weighted by Gasteiger charge is 1.81. The van der Waals surface area contributed by atoms with Crippen LogP contribution in [0, 0.1) is 0 Å². The third-order valence-electron chi connectivity index (χ3n) is 1.12. The molecule has 0 bridgehead atoms. The van der Waals surface area contributed by atoms with Crippen LogP contribution in [-0.4, -0.2) is 0 Å². The maximum Gasteiger partial charge on any atom is -0.0345 e. The Hall–Kier alpha value is -0.520. The summed E-state index contributed by atoms with van der Waals surface area (Å²) in [5, 5.41) is 0. The van der Waals surface area contributed by atoms with Crippen LogP contribution in [0.5, 0.6) is 0 Å². The summed E-state index contributed by atoms with van der Waals surface area (Å²) in [6, 6.07) is 0. The molecular weight excluding hydrogens is 132 g/mol. The fraction of sp³-hybridized carbons (Fsp3) is 0.636. The molecular formula is C11H22. The van der Waals surface area contributed by atoms with Crippen LogP contribution >= 0.6 is 0 Å². The number of allylic oxidation sites excluding steroid dienone is 4. The minimum atomic E-state index is 1.26. The van der Waals surface area contributed by atoms with Gasteiger partial charge in [0.05, 0.1) is 0 Å². The lowest BCUT2D eigenvalue weighted by Gasteiger charge is -1.81. The van der Waals surface area contributed by atoms with Crippen molar-refractivity contribution in [1.29, 1.82) is 0 Å². The summed E-state index contributed by atoms with van der Waals surface area (Å²) < 4.78 is 0. The predicted molar refractivity (Wildman–Crippen MR) is 54.8 cm³/mol. The van der Waals surface area contributed by atoms with Gasteiger partial charge in [-0.15, -0.1) is 0 Å². The van der Waals surface area contributed by atoms with E-state index in [1.54, 1.807) is 0 Å². The molecule has 0 nitrogen and oxygen atoms in total. The molecule has 0 aliphatic heterocycles. The molecule has 0 atom stereocenters. The number of hydrogen-bond donors (Lipinski definition) is 0. The highest BCUT2D eigenvalue weighted by molar-refractivity contribution is 5.04.